The molecule has 2 aliphatic rings. The van der Waals surface area contributed by atoms with Crippen molar-refractivity contribution in [1.29, 1.82) is 0 Å². The van der Waals surface area contributed by atoms with Gasteiger partial charge in [0.2, 0.25) is 0 Å². The van der Waals surface area contributed by atoms with Crippen molar-refractivity contribution in [1.82, 2.24) is 20.2 Å². The summed E-state index contributed by atoms with van der Waals surface area (Å²) in [7, 11) is 0. The van der Waals surface area contributed by atoms with Crippen molar-refractivity contribution >= 4 is 17.5 Å². The van der Waals surface area contributed by atoms with E-state index in [1.165, 1.54) is 0 Å². The van der Waals surface area contributed by atoms with E-state index in [4.69, 9.17) is 4.74 Å². The van der Waals surface area contributed by atoms with Gasteiger partial charge in [-0.3, -0.25) is 0 Å². The molecular formula is C17H23N7O. The van der Waals surface area contributed by atoms with E-state index in [0.29, 0.717) is 0 Å². The molecule has 2 fully saturated rings. The summed E-state index contributed by atoms with van der Waals surface area (Å²) in [6.45, 7) is 8.86. The van der Waals surface area contributed by atoms with Crippen LogP contribution in [0.1, 0.15) is 5.82 Å². The van der Waals surface area contributed by atoms with E-state index in [0.717, 1.165) is 75.8 Å². The zero-order valence-electron chi connectivity index (χ0n) is 14.5. The van der Waals surface area contributed by atoms with Crippen molar-refractivity contribution in [3.8, 4) is 0 Å². The molecule has 8 heteroatoms. The van der Waals surface area contributed by atoms with Crippen molar-refractivity contribution in [2.75, 3.05) is 67.2 Å². The quantitative estimate of drug-likeness (QED) is 0.810. The second-order valence-electron chi connectivity index (χ2n) is 6.29. The summed E-state index contributed by atoms with van der Waals surface area (Å²) >= 11 is 0. The van der Waals surface area contributed by atoms with Crippen molar-refractivity contribution < 1.29 is 4.74 Å². The Morgan fingerprint density at radius 1 is 0.760 bits per heavy atom. The Hall–Kier alpha value is -2.48. The fourth-order valence-corrected chi connectivity index (χ4v) is 3.23. The number of piperazine rings is 1. The first-order valence-corrected chi connectivity index (χ1v) is 8.75. The number of morpholine rings is 1. The fraction of sp³-hybridized carbons (Fsp3) is 0.529. The minimum absolute atomic E-state index is 0.758. The molecule has 25 heavy (non-hydrogen) atoms. The van der Waals surface area contributed by atoms with Gasteiger partial charge in [-0.05, 0) is 25.1 Å². The van der Waals surface area contributed by atoms with E-state index in [-0.39, 0.29) is 0 Å². The summed E-state index contributed by atoms with van der Waals surface area (Å²) in [6.07, 6.45) is 1.82. The van der Waals surface area contributed by atoms with Crippen molar-refractivity contribution in [2.45, 2.75) is 6.92 Å². The summed E-state index contributed by atoms with van der Waals surface area (Å²) in [5.74, 6) is 3.68. The van der Waals surface area contributed by atoms with E-state index < -0.39 is 0 Å². The Kier molecular flexibility index (Phi) is 4.60. The third-order valence-corrected chi connectivity index (χ3v) is 4.66. The zero-order valence-corrected chi connectivity index (χ0v) is 14.5. The number of rotatable bonds is 3. The maximum Gasteiger partial charge on any atom is 0.151 e. The van der Waals surface area contributed by atoms with E-state index in [2.05, 4.69) is 47.0 Å². The smallest absolute Gasteiger partial charge is 0.151 e. The second kappa shape index (κ2) is 7.18. The van der Waals surface area contributed by atoms with E-state index in [1.807, 2.05) is 19.2 Å². The van der Waals surface area contributed by atoms with Gasteiger partial charge >= 0.3 is 0 Å². The molecule has 0 atom stereocenters. The lowest BCUT2D eigenvalue weighted by atomic mass is 10.3. The van der Waals surface area contributed by atoms with E-state index in [9.17, 15) is 0 Å². The molecule has 0 bridgehead atoms. The standard InChI is InChI=1S/C17H23N7O/c1-14-18-5-4-15(19-14)22-6-8-23(9-7-22)16-2-3-17(21-20-16)24-10-12-25-13-11-24/h2-5H,6-13H2,1H3. The molecular weight excluding hydrogens is 318 g/mol. The van der Waals surface area contributed by atoms with Crippen LogP contribution in [-0.2, 0) is 4.74 Å². The van der Waals surface area contributed by atoms with Crippen LogP contribution in [-0.4, -0.2) is 72.6 Å². The highest BCUT2D eigenvalue weighted by Gasteiger charge is 2.20. The SMILES string of the molecule is Cc1nccc(N2CCN(c3ccc(N4CCOCC4)nn3)CC2)n1. The number of ether oxygens (including phenoxy) is 1. The third kappa shape index (κ3) is 3.63. The maximum atomic E-state index is 5.38. The fourth-order valence-electron chi connectivity index (χ4n) is 3.23. The van der Waals surface area contributed by atoms with E-state index >= 15 is 0 Å². The van der Waals surface area contributed by atoms with Crippen LogP contribution >= 0.6 is 0 Å². The van der Waals surface area contributed by atoms with Gasteiger partial charge in [0.1, 0.15) is 11.6 Å². The highest BCUT2D eigenvalue weighted by atomic mass is 16.5. The van der Waals surface area contributed by atoms with Crippen LogP contribution in [0.3, 0.4) is 0 Å². The Balaban J connectivity index is 1.37. The van der Waals surface area contributed by atoms with Crippen LogP contribution in [0.25, 0.3) is 0 Å². The van der Waals surface area contributed by atoms with Gasteiger partial charge in [-0.2, -0.15) is 0 Å². The average molecular weight is 341 g/mol. The molecule has 4 rings (SSSR count). The van der Waals surface area contributed by atoms with Gasteiger partial charge in [-0.25, -0.2) is 9.97 Å². The molecule has 0 spiro atoms. The molecule has 8 nitrogen and oxygen atoms in total. The Labute approximate surface area is 147 Å². The number of aromatic nitrogens is 4. The van der Waals surface area contributed by atoms with Crippen molar-refractivity contribution in [2.24, 2.45) is 0 Å². The van der Waals surface area contributed by atoms with Gasteiger partial charge in [-0.15, -0.1) is 10.2 Å². The highest BCUT2D eigenvalue weighted by molar-refractivity contribution is 5.47. The molecule has 2 saturated heterocycles. The van der Waals surface area contributed by atoms with Crippen LogP contribution in [0.15, 0.2) is 24.4 Å². The van der Waals surface area contributed by atoms with Crippen LogP contribution in [0.5, 0.6) is 0 Å². The van der Waals surface area contributed by atoms with Crippen LogP contribution in [0, 0.1) is 6.92 Å². The molecule has 0 radical (unpaired) electrons. The van der Waals surface area contributed by atoms with Crippen molar-refractivity contribution in [3.05, 3.63) is 30.2 Å². The first-order chi connectivity index (χ1) is 12.3. The first kappa shape index (κ1) is 16.0. The van der Waals surface area contributed by atoms with E-state index in [1.54, 1.807) is 0 Å². The number of hydrogen-bond donors (Lipinski definition) is 0. The number of nitrogens with zero attached hydrogens (tertiary/aromatic N) is 7. The second-order valence-corrected chi connectivity index (χ2v) is 6.29. The Morgan fingerprint density at radius 3 is 1.88 bits per heavy atom. The summed E-state index contributed by atoms with van der Waals surface area (Å²) in [4.78, 5) is 15.5. The molecule has 0 unspecified atom stereocenters. The lowest BCUT2D eigenvalue weighted by molar-refractivity contribution is 0.122. The van der Waals surface area contributed by atoms with Crippen LogP contribution < -0.4 is 14.7 Å². The topological polar surface area (TPSA) is 70.5 Å². The summed E-state index contributed by atoms with van der Waals surface area (Å²) in [5, 5.41) is 8.85. The number of hydrogen-bond acceptors (Lipinski definition) is 8. The molecule has 0 amide bonds. The van der Waals surface area contributed by atoms with Gasteiger partial charge in [0.25, 0.3) is 0 Å². The minimum atomic E-state index is 0.758. The number of anilines is 3. The molecule has 0 aliphatic carbocycles. The summed E-state index contributed by atoms with van der Waals surface area (Å²) in [6, 6.07) is 6.11. The molecule has 132 valence electrons. The zero-order chi connectivity index (χ0) is 17.1. The van der Waals surface area contributed by atoms with Crippen LogP contribution in [0.2, 0.25) is 0 Å². The first-order valence-electron chi connectivity index (χ1n) is 8.75. The van der Waals surface area contributed by atoms with Gasteiger partial charge in [0, 0.05) is 45.5 Å². The maximum absolute atomic E-state index is 5.38. The molecule has 0 aromatic carbocycles. The monoisotopic (exact) mass is 341 g/mol. The minimum Gasteiger partial charge on any atom is -0.378 e. The molecule has 2 aliphatic heterocycles. The summed E-state index contributed by atoms with van der Waals surface area (Å²) < 4.78 is 5.38. The summed E-state index contributed by atoms with van der Waals surface area (Å²) in [5.41, 5.74) is 0. The van der Waals surface area contributed by atoms with Crippen LogP contribution in [0.4, 0.5) is 17.5 Å². The highest BCUT2D eigenvalue weighted by Crippen LogP contribution is 2.19. The molecule has 2 aromatic rings. The lowest BCUT2D eigenvalue weighted by Gasteiger charge is -2.36. The molecule has 4 heterocycles. The largest absolute Gasteiger partial charge is 0.378 e. The molecule has 0 N–H and O–H groups in total. The van der Waals surface area contributed by atoms with Gasteiger partial charge < -0.3 is 19.4 Å². The predicted molar refractivity (Wildman–Crippen MR) is 96.3 cm³/mol. The third-order valence-electron chi connectivity index (χ3n) is 4.66. The van der Waals surface area contributed by atoms with Gasteiger partial charge in [0.15, 0.2) is 11.6 Å². The predicted octanol–water partition coefficient (Wildman–Crippen LogP) is 0.738. The lowest BCUT2D eigenvalue weighted by Crippen LogP contribution is -2.47. The molecule has 0 saturated carbocycles. The Bertz CT molecular complexity index is 694. The average Bonchev–Trinajstić information content (AvgIpc) is 2.69. The normalized spacial score (nSPS) is 18.5. The van der Waals surface area contributed by atoms with Gasteiger partial charge in [0.05, 0.1) is 13.2 Å². The van der Waals surface area contributed by atoms with Crippen molar-refractivity contribution in [3.63, 3.8) is 0 Å². The Morgan fingerprint density at radius 2 is 1.32 bits per heavy atom. The van der Waals surface area contributed by atoms with Gasteiger partial charge in [-0.1, -0.05) is 0 Å². The molecule has 2 aromatic heterocycles. The number of aryl methyl sites for hydroxylation is 1.